The molecule has 58 heavy (non-hydrogen) atoms. The van der Waals surface area contributed by atoms with Crippen molar-refractivity contribution < 1.29 is 45.1 Å². The highest BCUT2D eigenvalue weighted by Crippen LogP contribution is 2.45. The number of allylic oxidation sites excluding steroid dienone is 4. The molecular formula is C45H36F2O9S2. The van der Waals surface area contributed by atoms with Gasteiger partial charge in [0, 0.05) is 43.9 Å². The Morgan fingerprint density at radius 2 is 0.983 bits per heavy atom. The highest BCUT2D eigenvalue weighted by molar-refractivity contribution is 7.84. The number of carbonyl (C=O) groups excluding carboxylic acids is 2. The van der Waals surface area contributed by atoms with Crippen LogP contribution in [0.4, 0.5) is 8.78 Å². The van der Waals surface area contributed by atoms with Gasteiger partial charge in [-0.25, -0.2) is 13.6 Å². The van der Waals surface area contributed by atoms with E-state index in [-0.39, 0.29) is 24.4 Å². The van der Waals surface area contributed by atoms with Gasteiger partial charge in [0.05, 0.1) is 12.8 Å². The molecular weight excluding hydrogens is 787 g/mol. The Labute approximate surface area is 337 Å². The van der Waals surface area contributed by atoms with Crippen LogP contribution in [0.25, 0.3) is 34.4 Å². The van der Waals surface area contributed by atoms with Crippen molar-refractivity contribution in [3.63, 3.8) is 0 Å². The summed E-state index contributed by atoms with van der Waals surface area (Å²) in [4.78, 5) is 39.9. The van der Waals surface area contributed by atoms with E-state index in [2.05, 4.69) is 0 Å². The molecule has 13 heteroatoms. The first-order valence-electron chi connectivity index (χ1n) is 18.0. The average Bonchev–Trinajstić information content (AvgIpc) is 3.77. The van der Waals surface area contributed by atoms with Crippen LogP contribution in [0, 0.1) is 11.6 Å². The van der Waals surface area contributed by atoms with E-state index >= 15 is 0 Å². The summed E-state index contributed by atoms with van der Waals surface area (Å²) in [6.07, 6.45) is 6.57. The van der Waals surface area contributed by atoms with Gasteiger partial charge in [0.15, 0.2) is 24.7 Å². The zero-order chi connectivity index (χ0) is 41.2. The quantitative estimate of drug-likeness (QED) is 0.113. The molecule has 0 aliphatic heterocycles. The Kier molecular flexibility index (Phi) is 11.6. The van der Waals surface area contributed by atoms with Crippen LogP contribution in [-0.4, -0.2) is 32.9 Å². The zero-order valence-corrected chi connectivity index (χ0v) is 33.4. The summed E-state index contributed by atoms with van der Waals surface area (Å²) < 4.78 is 73.8. The first-order chi connectivity index (χ1) is 27.7. The second-order valence-electron chi connectivity index (χ2n) is 13.7. The maximum absolute atomic E-state index is 14.5. The van der Waals surface area contributed by atoms with E-state index < -0.39 is 64.2 Å². The van der Waals surface area contributed by atoms with E-state index in [0.717, 1.165) is 44.5 Å². The molecule has 7 rings (SSSR count). The standard InChI is InChI=1S/C45H36F2O9S2/c1-25-35(17-27-5-11-31(12-6-27)57(3)51)33-15-9-29(46)19-39(33)37(25)21-43(48)53-23-41-42(56-45(50)55-41)24-54-44(49)22-38-26(2)36(34-16-10-30(47)20-40(34)38)18-28-7-13-32(14-8-28)58(4)52/h5-20H,21-24H2,1-4H3/b35-17-,36-18-. The molecule has 0 fully saturated rings. The normalized spacial score (nSPS) is 15.8. The van der Waals surface area contributed by atoms with E-state index in [0.29, 0.717) is 32.1 Å². The molecule has 2 atom stereocenters. The maximum Gasteiger partial charge on any atom is 0.519 e. The molecule has 9 nitrogen and oxygen atoms in total. The van der Waals surface area contributed by atoms with Crippen molar-refractivity contribution in [1.29, 1.82) is 0 Å². The first kappa shape index (κ1) is 40.2. The van der Waals surface area contributed by atoms with Gasteiger partial charge in [-0.3, -0.25) is 18.0 Å². The molecule has 2 aliphatic rings. The predicted octanol–water partition coefficient (Wildman–Crippen LogP) is 8.91. The molecule has 0 radical (unpaired) electrons. The van der Waals surface area contributed by atoms with Gasteiger partial charge in [-0.1, -0.05) is 36.4 Å². The summed E-state index contributed by atoms with van der Waals surface area (Å²) in [5.41, 5.74) is 8.40. The molecule has 0 saturated carbocycles. The fourth-order valence-electron chi connectivity index (χ4n) is 7.05. The number of fused-ring (bicyclic) bond motifs is 2. The molecule has 1 heterocycles. The fraction of sp³-hybridized carbons (Fsp3) is 0.178. The fourth-order valence-corrected chi connectivity index (χ4v) is 8.08. The van der Waals surface area contributed by atoms with E-state index in [1.165, 1.54) is 24.3 Å². The van der Waals surface area contributed by atoms with Crippen molar-refractivity contribution in [3.05, 3.63) is 163 Å². The number of carbonyl (C=O) groups is 2. The Bertz CT molecular complexity index is 2530. The number of hydrogen-bond acceptors (Lipinski definition) is 9. The smallest absolute Gasteiger partial charge is 0.457 e. The number of ether oxygens (including phenoxy) is 2. The molecule has 0 spiro atoms. The predicted molar refractivity (Wildman–Crippen MR) is 217 cm³/mol. The van der Waals surface area contributed by atoms with Crippen molar-refractivity contribution in [1.82, 2.24) is 0 Å². The summed E-state index contributed by atoms with van der Waals surface area (Å²) in [5, 5.41) is 0. The molecule has 0 N–H and O–H groups in total. The topological polar surface area (TPSA) is 130 Å². The van der Waals surface area contributed by atoms with Gasteiger partial charge in [-0.2, -0.15) is 0 Å². The second kappa shape index (κ2) is 16.8. The lowest BCUT2D eigenvalue weighted by molar-refractivity contribution is -0.146. The van der Waals surface area contributed by atoms with Crippen molar-refractivity contribution in [2.45, 2.75) is 49.7 Å². The van der Waals surface area contributed by atoms with Gasteiger partial charge >= 0.3 is 17.8 Å². The van der Waals surface area contributed by atoms with Crippen LogP contribution in [0.1, 0.15) is 71.6 Å². The summed E-state index contributed by atoms with van der Waals surface area (Å²) in [6.45, 7) is 2.64. The van der Waals surface area contributed by atoms with E-state index in [4.69, 9.17) is 18.3 Å². The van der Waals surface area contributed by atoms with Crippen molar-refractivity contribution in [2.75, 3.05) is 12.5 Å². The second-order valence-corrected chi connectivity index (χ2v) is 16.5. The van der Waals surface area contributed by atoms with Crippen LogP contribution in [-0.2, 0) is 53.9 Å². The van der Waals surface area contributed by atoms with Crippen LogP contribution >= 0.6 is 0 Å². The summed E-state index contributed by atoms with van der Waals surface area (Å²) in [5.74, 6) is -3.73. The van der Waals surface area contributed by atoms with Gasteiger partial charge in [0.2, 0.25) is 0 Å². The Hall–Kier alpha value is -6.05. The Morgan fingerprint density at radius 1 is 0.603 bits per heavy atom. The lowest BCUT2D eigenvalue weighted by Gasteiger charge is -2.08. The Balaban J connectivity index is 1.03. The van der Waals surface area contributed by atoms with Crippen molar-refractivity contribution in [3.8, 4) is 0 Å². The molecule has 4 aromatic carbocycles. The first-order valence-corrected chi connectivity index (χ1v) is 21.1. The molecule has 2 unspecified atom stereocenters. The van der Waals surface area contributed by atoms with E-state index in [1.807, 2.05) is 50.3 Å². The lowest BCUT2D eigenvalue weighted by atomic mass is 10.0. The van der Waals surface area contributed by atoms with E-state index in [9.17, 15) is 31.6 Å². The largest absolute Gasteiger partial charge is 0.519 e. The summed E-state index contributed by atoms with van der Waals surface area (Å²) in [6, 6.07) is 23.1. The average molecular weight is 823 g/mol. The lowest BCUT2D eigenvalue weighted by Crippen LogP contribution is -2.08. The van der Waals surface area contributed by atoms with Crippen molar-refractivity contribution >= 4 is 68.0 Å². The van der Waals surface area contributed by atoms with Crippen LogP contribution in [0.15, 0.2) is 119 Å². The Morgan fingerprint density at radius 3 is 1.34 bits per heavy atom. The number of rotatable bonds is 12. The molecule has 2 aliphatic carbocycles. The van der Waals surface area contributed by atoms with Gasteiger partial charge in [-0.15, -0.1) is 0 Å². The number of hydrogen-bond donors (Lipinski definition) is 0. The van der Waals surface area contributed by atoms with Crippen LogP contribution in [0.5, 0.6) is 0 Å². The maximum atomic E-state index is 14.5. The van der Waals surface area contributed by atoms with Gasteiger partial charge in [0.25, 0.3) is 0 Å². The number of benzene rings is 4. The van der Waals surface area contributed by atoms with E-state index in [1.54, 1.807) is 48.9 Å². The van der Waals surface area contributed by atoms with Crippen LogP contribution < -0.4 is 5.82 Å². The summed E-state index contributed by atoms with van der Waals surface area (Å²) >= 11 is 0. The highest BCUT2D eigenvalue weighted by atomic mass is 32.2. The molecule has 0 bridgehead atoms. The van der Waals surface area contributed by atoms with Gasteiger partial charge in [0.1, 0.15) is 11.6 Å². The van der Waals surface area contributed by atoms with Crippen LogP contribution in [0.3, 0.4) is 0 Å². The molecule has 5 aromatic rings. The zero-order valence-electron chi connectivity index (χ0n) is 31.8. The molecule has 296 valence electrons. The number of halogens is 2. The van der Waals surface area contributed by atoms with Crippen molar-refractivity contribution in [2.24, 2.45) is 0 Å². The molecule has 1 aromatic heterocycles. The van der Waals surface area contributed by atoms with Gasteiger partial charge in [-0.05, 0) is 141 Å². The number of esters is 2. The minimum absolute atomic E-state index is 0.154. The van der Waals surface area contributed by atoms with Gasteiger partial charge < -0.3 is 18.3 Å². The third kappa shape index (κ3) is 8.60. The third-order valence-corrected chi connectivity index (χ3v) is 11.9. The minimum Gasteiger partial charge on any atom is -0.457 e. The monoisotopic (exact) mass is 822 g/mol. The molecule has 0 amide bonds. The minimum atomic E-state index is -1.13. The van der Waals surface area contributed by atoms with Crippen LogP contribution in [0.2, 0.25) is 0 Å². The third-order valence-electron chi connectivity index (χ3n) is 10.0. The highest BCUT2D eigenvalue weighted by Gasteiger charge is 2.29. The molecule has 0 saturated heterocycles. The SMILES string of the molecule is CC1=C(CC(=O)OCc2oc(=O)oc2COC(=O)CC2=C(C)/C(=C/c3ccc(S(C)=O)cc3)c3ccc(F)cc32)c2cc(F)ccc2/C1=C\c1ccc(S(C)=O)cc1. The summed E-state index contributed by atoms with van der Waals surface area (Å²) in [7, 11) is -2.26.